The molecular weight excluding hydrogens is 202 g/mol. The standard InChI is InChI=1S/C12H21N3O/c1-9(6-12(2,3)4)5-11(16)15-10-7-13-14-8-10/h7-9H,5-6H2,1-4H3,(H,13,14)(H,15,16). The van der Waals surface area contributed by atoms with Crippen molar-refractivity contribution in [1.29, 1.82) is 0 Å². The predicted molar refractivity (Wildman–Crippen MR) is 65.1 cm³/mol. The minimum Gasteiger partial charge on any atom is -0.323 e. The van der Waals surface area contributed by atoms with Crippen molar-refractivity contribution in [2.45, 2.75) is 40.5 Å². The number of anilines is 1. The molecular formula is C12H21N3O. The van der Waals surface area contributed by atoms with E-state index >= 15 is 0 Å². The Hall–Kier alpha value is -1.32. The van der Waals surface area contributed by atoms with Crippen molar-refractivity contribution in [3.8, 4) is 0 Å². The molecule has 0 saturated carbocycles. The number of aromatic amines is 1. The number of hydrogen-bond acceptors (Lipinski definition) is 2. The van der Waals surface area contributed by atoms with Crippen molar-refractivity contribution in [3.05, 3.63) is 12.4 Å². The number of nitrogens with zero attached hydrogens (tertiary/aromatic N) is 1. The van der Waals surface area contributed by atoms with Crippen molar-refractivity contribution in [2.75, 3.05) is 5.32 Å². The zero-order valence-corrected chi connectivity index (χ0v) is 10.5. The molecule has 0 aliphatic carbocycles. The Morgan fingerprint density at radius 2 is 2.25 bits per heavy atom. The first kappa shape index (κ1) is 12.7. The molecule has 0 radical (unpaired) electrons. The molecule has 0 bridgehead atoms. The van der Waals surface area contributed by atoms with E-state index in [-0.39, 0.29) is 11.3 Å². The first-order valence-electron chi connectivity index (χ1n) is 5.65. The van der Waals surface area contributed by atoms with Crippen molar-refractivity contribution >= 4 is 11.6 Å². The fourth-order valence-corrected chi connectivity index (χ4v) is 1.97. The number of H-pyrrole nitrogens is 1. The molecule has 0 aliphatic rings. The van der Waals surface area contributed by atoms with Crippen LogP contribution in [0.1, 0.15) is 40.5 Å². The average Bonchev–Trinajstić information content (AvgIpc) is 2.51. The molecule has 1 aromatic heterocycles. The quantitative estimate of drug-likeness (QED) is 0.824. The van der Waals surface area contributed by atoms with Gasteiger partial charge in [0.05, 0.1) is 11.9 Å². The van der Waals surface area contributed by atoms with Gasteiger partial charge in [-0.1, -0.05) is 27.7 Å². The van der Waals surface area contributed by atoms with Gasteiger partial charge in [-0.3, -0.25) is 9.89 Å². The smallest absolute Gasteiger partial charge is 0.224 e. The van der Waals surface area contributed by atoms with Gasteiger partial charge in [-0.25, -0.2) is 0 Å². The number of aromatic nitrogens is 2. The highest BCUT2D eigenvalue weighted by Crippen LogP contribution is 2.26. The molecule has 0 aromatic carbocycles. The predicted octanol–water partition coefficient (Wildman–Crippen LogP) is 2.81. The van der Waals surface area contributed by atoms with Crippen molar-refractivity contribution in [2.24, 2.45) is 11.3 Å². The summed E-state index contributed by atoms with van der Waals surface area (Å²) in [7, 11) is 0. The van der Waals surface area contributed by atoms with Crippen LogP contribution in [-0.4, -0.2) is 16.1 Å². The van der Waals surface area contributed by atoms with Crippen LogP contribution in [0.4, 0.5) is 5.69 Å². The third-order valence-corrected chi connectivity index (χ3v) is 2.28. The summed E-state index contributed by atoms with van der Waals surface area (Å²) in [6.07, 6.45) is 4.88. The number of nitrogens with one attached hydrogen (secondary N) is 2. The lowest BCUT2D eigenvalue weighted by Gasteiger charge is -2.22. The van der Waals surface area contributed by atoms with E-state index in [1.54, 1.807) is 12.4 Å². The third-order valence-electron chi connectivity index (χ3n) is 2.28. The molecule has 0 aliphatic heterocycles. The van der Waals surface area contributed by atoms with Crippen LogP contribution in [0.5, 0.6) is 0 Å². The highest BCUT2D eigenvalue weighted by molar-refractivity contribution is 5.90. The third kappa shape index (κ3) is 4.96. The van der Waals surface area contributed by atoms with Gasteiger partial charge >= 0.3 is 0 Å². The molecule has 16 heavy (non-hydrogen) atoms. The zero-order valence-electron chi connectivity index (χ0n) is 10.5. The normalized spacial score (nSPS) is 13.5. The minimum absolute atomic E-state index is 0.0538. The highest BCUT2D eigenvalue weighted by atomic mass is 16.1. The Morgan fingerprint density at radius 3 is 2.75 bits per heavy atom. The van der Waals surface area contributed by atoms with Crippen molar-refractivity contribution in [1.82, 2.24) is 10.2 Å². The Labute approximate surface area is 96.8 Å². The van der Waals surface area contributed by atoms with Gasteiger partial charge in [0.1, 0.15) is 0 Å². The number of hydrogen-bond donors (Lipinski definition) is 2. The summed E-state index contributed by atoms with van der Waals surface area (Å²) < 4.78 is 0. The molecule has 1 rings (SSSR count). The van der Waals surface area contributed by atoms with E-state index in [1.807, 2.05) is 0 Å². The molecule has 4 nitrogen and oxygen atoms in total. The summed E-state index contributed by atoms with van der Waals surface area (Å²) in [5.74, 6) is 0.449. The number of rotatable bonds is 4. The van der Waals surface area contributed by atoms with Crippen molar-refractivity contribution in [3.63, 3.8) is 0 Å². The first-order valence-corrected chi connectivity index (χ1v) is 5.65. The van der Waals surface area contributed by atoms with Crippen LogP contribution in [-0.2, 0) is 4.79 Å². The first-order chi connectivity index (χ1) is 7.37. The second-order valence-electron chi connectivity index (χ2n) is 5.61. The Kier molecular flexibility index (Phi) is 4.10. The number of carbonyl (C=O) groups excluding carboxylic acids is 1. The van der Waals surface area contributed by atoms with Crippen LogP contribution in [0, 0.1) is 11.3 Å². The van der Waals surface area contributed by atoms with E-state index < -0.39 is 0 Å². The number of carbonyl (C=O) groups is 1. The largest absolute Gasteiger partial charge is 0.323 e. The van der Waals surface area contributed by atoms with Crippen LogP contribution in [0.2, 0.25) is 0 Å². The van der Waals surface area contributed by atoms with Crippen LogP contribution < -0.4 is 5.32 Å². The van der Waals surface area contributed by atoms with E-state index in [9.17, 15) is 4.79 Å². The van der Waals surface area contributed by atoms with Crippen LogP contribution in [0.3, 0.4) is 0 Å². The second kappa shape index (κ2) is 5.14. The van der Waals surface area contributed by atoms with Gasteiger partial charge in [-0.2, -0.15) is 5.10 Å². The van der Waals surface area contributed by atoms with E-state index in [1.165, 1.54) is 0 Å². The topological polar surface area (TPSA) is 57.8 Å². The summed E-state index contributed by atoms with van der Waals surface area (Å²) in [4.78, 5) is 11.7. The molecule has 0 fully saturated rings. The summed E-state index contributed by atoms with van der Waals surface area (Å²) in [5, 5.41) is 9.24. The summed E-state index contributed by atoms with van der Waals surface area (Å²) in [6.45, 7) is 8.69. The van der Waals surface area contributed by atoms with Crippen LogP contribution in [0.25, 0.3) is 0 Å². The Balaban J connectivity index is 2.34. The van der Waals surface area contributed by atoms with Gasteiger partial charge in [0.2, 0.25) is 5.91 Å². The van der Waals surface area contributed by atoms with Gasteiger partial charge < -0.3 is 5.32 Å². The summed E-state index contributed by atoms with van der Waals surface area (Å²) >= 11 is 0. The maximum atomic E-state index is 11.7. The lowest BCUT2D eigenvalue weighted by atomic mass is 9.84. The molecule has 0 saturated heterocycles. The maximum Gasteiger partial charge on any atom is 0.224 e. The fourth-order valence-electron chi connectivity index (χ4n) is 1.97. The monoisotopic (exact) mass is 223 g/mol. The molecule has 1 unspecified atom stereocenters. The van der Waals surface area contributed by atoms with E-state index in [0.717, 1.165) is 12.1 Å². The lowest BCUT2D eigenvalue weighted by molar-refractivity contribution is -0.117. The lowest BCUT2D eigenvalue weighted by Crippen LogP contribution is -2.18. The van der Waals surface area contributed by atoms with Crippen LogP contribution in [0.15, 0.2) is 12.4 Å². The van der Waals surface area contributed by atoms with Gasteiger partial charge in [0.25, 0.3) is 0 Å². The Bertz CT molecular complexity index is 325. The molecule has 2 N–H and O–H groups in total. The average molecular weight is 223 g/mol. The fraction of sp³-hybridized carbons (Fsp3) is 0.667. The molecule has 1 heterocycles. The maximum absolute atomic E-state index is 11.7. The molecule has 1 atom stereocenters. The molecule has 90 valence electrons. The zero-order chi connectivity index (χ0) is 12.2. The summed E-state index contributed by atoms with van der Waals surface area (Å²) in [6, 6.07) is 0. The number of amides is 1. The Morgan fingerprint density at radius 1 is 1.56 bits per heavy atom. The molecule has 1 aromatic rings. The van der Waals surface area contributed by atoms with Crippen molar-refractivity contribution < 1.29 is 4.79 Å². The highest BCUT2D eigenvalue weighted by Gasteiger charge is 2.17. The van der Waals surface area contributed by atoms with Crippen LogP contribution >= 0.6 is 0 Å². The minimum atomic E-state index is 0.0538. The summed E-state index contributed by atoms with van der Waals surface area (Å²) in [5.41, 5.74) is 1.00. The van der Waals surface area contributed by atoms with E-state index in [4.69, 9.17) is 0 Å². The molecule has 4 heteroatoms. The second-order valence-corrected chi connectivity index (χ2v) is 5.61. The van der Waals surface area contributed by atoms with Gasteiger partial charge in [-0.15, -0.1) is 0 Å². The van der Waals surface area contributed by atoms with Gasteiger partial charge in [0, 0.05) is 12.6 Å². The van der Waals surface area contributed by atoms with Gasteiger partial charge in [-0.05, 0) is 17.8 Å². The van der Waals surface area contributed by atoms with E-state index in [0.29, 0.717) is 12.3 Å². The van der Waals surface area contributed by atoms with Gasteiger partial charge in [0.15, 0.2) is 0 Å². The van der Waals surface area contributed by atoms with E-state index in [2.05, 4.69) is 43.2 Å². The molecule has 0 spiro atoms. The SMILES string of the molecule is CC(CC(=O)Nc1cn[nH]c1)CC(C)(C)C. The molecule has 1 amide bonds.